The maximum atomic E-state index is 11.7. The number of fused-ring (bicyclic) bond motifs is 3. The molecule has 0 spiro atoms. The lowest BCUT2D eigenvalue weighted by Gasteiger charge is -2.26. The number of aromatic amines is 1. The van der Waals surface area contributed by atoms with E-state index in [9.17, 15) is 4.79 Å². The van der Waals surface area contributed by atoms with E-state index in [2.05, 4.69) is 4.98 Å². The van der Waals surface area contributed by atoms with Crippen LogP contribution in [0.1, 0.15) is 16.8 Å². The molecule has 0 fully saturated rings. The van der Waals surface area contributed by atoms with Crippen LogP contribution >= 0.6 is 23.2 Å². The second-order valence-corrected chi connectivity index (χ2v) is 5.83. The molecular weight excluding hydrogens is 299 g/mol. The lowest BCUT2D eigenvalue weighted by molar-refractivity contribution is -0.135. The molecule has 2 N–H and O–H groups in total. The van der Waals surface area contributed by atoms with Gasteiger partial charge in [-0.15, -0.1) is 0 Å². The van der Waals surface area contributed by atoms with Gasteiger partial charge in [0.25, 0.3) is 0 Å². The predicted octanol–water partition coefficient (Wildman–Crippen LogP) is 2.66. The van der Waals surface area contributed by atoms with E-state index >= 15 is 0 Å². The van der Waals surface area contributed by atoms with Crippen LogP contribution in [0.2, 0.25) is 10.0 Å². The molecule has 0 saturated heterocycles. The van der Waals surface area contributed by atoms with E-state index < -0.39 is 6.61 Å². The number of carbonyl (C=O) groups excluding carboxylic acids is 1. The molecule has 1 aliphatic heterocycles. The van der Waals surface area contributed by atoms with Crippen LogP contribution in [0.15, 0.2) is 6.07 Å². The summed E-state index contributed by atoms with van der Waals surface area (Å²) in [5, 5.41) is 11.1. The summed E-state index contributed by atoms with van der Waals surface area (Å²) in [6.45, 7) is 2.62. The molecule has 1 aromatic carbocycles. The first-order valence-electron chi connectivity index (χ1n) is 6.39. The molecule has 3 rings (SSSR count). The van der Waals surface area contributed by atoms with Crippen molar-refractivity contribution in [3.8, 4) is 0 Å². The summed E-state index contributed by atoms with van der Waals surface area (Å²) in [7, 11) is 0. The molecule has 1 aliphatic rings. The third-order valence-corrected chi connectivity index (χ3v) is 4.61. The fourth-order valence-electron chi connectivity index (χ4n) is 2.85. The molecule has 6 heteroatoms. The zero-order valence-electron chi connectivity index (χ0n) is 11.0. The highest BCUT2D eigenvalue weighted by molar-refractivity contribution is 6.45. The van der Waals surface area contributed by atoms with E-state index in [0.717, 1.165) is 34.1 Å². The zero-order valence-corrected chi connectivity index (χ0v) is 12.5. The molecule has 0 unspecified atom stereocenters. The van der Waals surface area contributed by atoms with Gasteiger partial charge in [-0.2, -0.15) is 0 Å². The maximum absolute atomic E-state index is 11.7. The summed E-state index contributed by atoms with van der Waals surface area (Å²) in [6.07, 6.45) is 0.725. The van der Waals surface area contributed by atoms with E-state index in [4.69, 9.17) is 28.3 Å². The number of amides is 1. The Hall–Kier alpha value is -1.23. The number of H-pyrrole nitrogens is 1. The lowest BCUT2D eigenvalue weighted by atomic mass is 10.0. The third kappa shape index (κ3) is 1.99. The van der Waals surface area contributed by atoms with Gasteiger partial charge in [0.15, 0.2) is 0 Å². The van der Waals surface area contributed by atoms with Crippen molar-refractivity contribution in [1.82, 2.24) is 9.88 Å². The van der Waals surface area contributed by atoms with Gasteiger partial charge in [-0.3, -0.25) is 4.79 Å². The van der Waals surface area contributed by atoms with Crippen LogP contribution in [0, 0.1) is 6.92 Å². The number of hydrogen-bond donors (Lipinski definition) is 2. The highest BCUT2D eigenvalue weighted by atomic mass is 35.5. The van der Waals surface area contributed by atoms with Crippen LogP contribution in [-0.2, 0) is 17.8 Å². The van der Waals surface area contributed by atoms with Crippen molar-refractivity contribution < 1.29 is 9.90 Å². The van der Waals surface area contributed by atoms with Crippen LogP contribution in [0.4, 0.5) is 0 Å². The highest BCUT2D eigenvalue weighted by Crippen LogP contribution is 2.37. The fourth-order valence-corrected chi connectivity index (χ4v) is 3.31. The van der Waals surface area contributed by atoms with E-state index in [0.29, 0.717) is 23.1 Å². The Bertz CT molecular complexity index is 709. The fraction of sp³-hybridized carbons (Fsp3) is 0.357. The Morgan fingerprint density at radius 2 is 2.25 bits per heavy atom. The number of halogens is 2. The highest BCUT2D eigenvalue weighted by Gasteiger charge is 2.25. The first-order valence-corrected chi connectivity index (χ1v) is 7.15. The number of aryl methyl sites for hydroxylation is 1. The van der Waals surface area contributed by atoms with Gasteiger partial charge in [0.05, 0.1) is 15.6 Å². The minimum Gasteiger partial charge on any atom is -0.387 e. The molecule has 0 saturated carbocycles. The van der Waals surface area contributed by atoms with E-state index in [-0.39, 0.29) is 5.91 Å². The smallest absolute Gasteiger partial charge is 0.248 e. The molecule has 0 atom stereocenters. The second-order valence-electron chi connectivity index (χ2n) is 5.04. The predicted molar refractivity (Wildman–Crippen MR) is 79.3 cm³/mol. The molecule has 0 aliphatic carbocycles. The molecule has 2 heterocycles. The number of nitrogens with one attached hydrogen (secondary N) is 1. The summed E-state index contributed by atoms with van der Waals surface area (Å²) in [5.74, 6) is -0.247. The van der Waals surface area contributed by atoms with Crippen LogP contribution in [0.25, 0.3) is 10.9 Å². The number of carbonyl (C=O) groups is 1. The summed E-state index contributed by atoms with van der Waals surface area (Å²) in [5.41, 5.74) is 4.03. The monoisotopic (exact) mass is 312 g/mol. The van der Waals surface area contributed by atoms with Crippen molar-refractivity contribution in [3.63, 3.8) is 0 Å². The van der Waals surface area contributed by atoms with Gasteiger partial charge in [0.1, 0.15) is 6.61 Å². The van der Waals surface area contributed by atoms with Gasteiger partial charge < -0.3 is 15.0 Å². The minimum absolute atomic E-state index is 0.247. The Labute approximate surface area is 126 Å². The summed E-state index contributed by atoms with van der Waals surface area (Å²) in [6, 6.07) is 1.84. The second kappa shape index (κ2) is 4.95. The number of nitrogens with zero attached hydrogens (tertiary/aromatic N) is 1. The molecular formula is C14H14Cl2N2O2. The number of aliphatic hydroxyl groups is 1. The van der Waals surface area contributed by atoms with Gasteiger partial charge in [-0.1, -0.05) is 23.2 Å². The maximum Gasteiger partial charge on any atom is 0.248 e. The van der Waals surface area contributed by atoms with E-state index in [1.807, 2.05) is 13.0 Å². The van der Waals surface area contributed by atoms with Gasteiger partial charge in [0.2, 0.25) is 5.91 Å². The molecule has 1 aromatic heterocycles. The SMILES string of the molecule is Cc1cc(Cl)c(Cl)c2[nH]c3c(c12)CN(C(=O)CO)CC3. The Kier molecular flexibility index (Phi) is 3.40. The molecule has 2 aromatic rings. The average molecular weight is 313 g/mol. The number of hydrogen-bond acceptors (Lipinski definition) is 2. The first-order chi connectivity index (χ1) is 9.52. The first kappa shape index (κ1) is 13.7. The van der Waals surface area contributed by atoms with Crippen LogP contribution in [0.5, 0.6) is 0 Å². The largest absolute Gasteiger partial charge is 0.387 e. The standard InChI is InChI=1S/C14H14Cl2N2O2/c1-7-4-9(15)13(16)14-12(7)8-5-18(11(20)6-19)3-2-10(8)17-14/h4,17,19H,2-3,5-6H2,1H3. The van der Waals surface area contributed by atoms with Crippen molar-refractivity contribution in [2.24, 2.45) is 0 Å². The van der Waals surface area contributed by atoms with Gasteiger partial charge in [0, 0.05) is 36.2 Å². The van der Waals surface area contributed by atoms with E-state index in [1.54, 1.807) is 4.90 Å². The van der Waals surface area contributed by atoms with Crippen molar-refractivity contribution in [3.05, 3.63) is 32.9 Å². The van der Waals surface area contributed by atoms with Crippen molar-refractivity contribution in [1.29, 1.82) is 0 Å². The Morgan fingerprint density at radius 3 is 2.95 bits per heavy atom. The quantitative estimate of drug-likeness (QED) is 0.850. The van der Waals surface area contributed by atoms with Gasteiger partial charge >= 0.3 is 0 Å². The summed E-state index contributed by atoms with van der Waals surface area (Å²) < 4.78 is 0. The summed E-state index contributed by atoms with van der Waals surface area (Å²) in [4.78, 5) is 16.7. The topological polar surface area (TPSA) is 56.3 Å². The minimum atomic E-state index is -0.455. The molecule has 20 heavy (non-hydrogen) atoms. The van der Waals surface area contributed by atoms with E-state index in [1.165, 1.54) is 0 Å². The van der Waals surface area contributed by atoms with Crippen molar-refractivity contribution in [2.75, 3.05) is 13.2 Å². The summed E-state index contributed by atoms with van der Waals surface area (Å²) >= 11 is 12.4. The number of aliphatic hydroxyl groups excluding tert-OH is 1. The third-order valence-electron chi connectivity index (χ3n) is 3.83. The number of benzene rings is 1. The van der Waals surface area contributed by atoms with Gasteiger partial charge in [-0.05, 0) is 18.6 Å². The van der Waals surface area contributed by atoms with Crippen LogP contribution in [-0.4, -0.2) is 34.0 Å². The number of rotatable bonds is 1. The number of aromatic nitrogens is 1. The molecule has 1 amide bonds. The lowest BCUT2D eigenvalue weighted by Crippen LogP contribution is -2.37. The molecule has 0 bridgehead atoms. The van der Waals surface area contributed by atoms with Gasteiger partial charge in [-0.25, -0.2) is 0 Å². The van der Waals surface area contributed by atoms with Crippen molar-refractivity contribution in [2.45, 2.75) is 19.9 Å². The normalized spacial score (nSPS) is 14.7. The Morgan fingerprint density at radius 1 is 1.50 bits per heavy atom. The average Bonchev–Trinajstić information content (AvgIpc) is 2.83. The molecule has 106 valence electrons. The van der Waals surface area contributed by atoms with Crippen LogP contribution < -0.4 is 0 Å². The van der Waals surface area contributed by atoms with Crippen LogP contribution in [0.3, 0.4) is 0 Å². The van der Waals surface area contributed by atoms with Crippen molar-refractivity contribution >= 4 is 40.0 Å². The molecule has 4 nitrogen and oxygen atoms in total. The molecule has 0 radical (unpaired) electrons. The zero-order chi connectivity index (χ0) is 14.4. The Balaban J connectivity index is 2.16.